The van der Waals surface area contributed by atoms with Gasteiger partial charge in [0.05, 0.1) is 28.5 Å². The van der Waals surface area contributed by atoms with Crippen molar-refractivity contribution in [3.8, 4) is 17.2 Å². The van der Waals surface area contributed by atoms with E-state index >= 15 is 0 Å². The maximum Gasteiger partial charge on any atom is 0.338 e. The first-order valence-corrected chi connectivity index (χ1v) is 15.7. The number of thiazole rings is 1. The van der Waals surface area contributed by atoms with Gasteiger partial charge in [0.15, 0.2) is 16.3 Å². The second-order valence-electron chi connectivity index (χ2n) is 10.7. The van der Waals surface area contributed by atoms with E-state index in [0.29, 0.717) is 31.4 Å². The van der Waals surface area contributed by atoms with Crippen LogP contribution in [-0.4, -0.2) is 28.5 Å². The Morgan fingerprint density at radius 1 is 1.04 bits per heavy atom. The number of rotatable bonds is 6. The lowest BCUT2D eigenvalue weighted by Gasteiger charge is -2.25. The molecule has 8 nitrogen and oxygen atoms in total. The van der Waals surface area contributed by atoms with Crippen LogP contribution >= 0.6 is 22.9 Å². The van der Waals surface area contributed by atoms with E-state index in [1.807, 2.05) is 86.7 Å². The highest BCUT2D eigenvalue weighted by molar-refractivity contribution is 7.07. The highest BCUT2D eigenvalue weighted by Crippen LogP contribution is 2.36. The van der Waals surface area contributed by atoms with E-state index in [2.05, 4.69) is 4.57 Å². The Bertz CT molecular complexity index is 2180. The minimum absolute atomic E-state index is 0.182. The summed E-state index contributed by atoms with van der Waals surface area (Å²) in [5.41, 5.74) is 5.79. The third-order valence-electron chi connectivity index (χ3n) is 7.93. The van der Waals surface area contributed by atoms with Crippen molar-refractivity contribution in [2.45, 2.75) is 26.8 Å². The molecule has 2 aliphatic heterocycles. The van der Waals surface area contributed by atoms with Crippen LogP contribution in [0.2, 0.25) is 5.02 Å². The summed E-state index contributed by atoms with van der Waals surface area (Å²) in [6.45, 7) is 6.18. The second kappa shape index (κ2) is 11.6. The zero-order valence-corrected chi connectivity index (χ0v) is 26.3. The highest BCUT2D eigenvalue weighted by Gasteiger charge is 2.35. The van der Waals surface area contributed by atoms with Crippen LogP contribution in [0.3, 0.4) is 0 Å². The van der Waals surface area contributed by atoms with Gasteiger partial charge in [-0.1, -0.05) is 65.4 Å². The molecular weight excluding hydrogens is 610 g/mol. The number of benzene rings is 3. The Morgan fingerprint density at radius 3 is 2.56 bits per heavy atom. The van der Waals surface area contributed by atoms with E-state index in [1.165, 1.54) is 11.3 Å². The third kappa shape index (κ3) is 5.08. The Hall–Kier alpha value is -4.86. The number of nitrogens with zero attached hydrogens (tertiary/aromatic N) is 3. The van der Waals surface area contributed by atoms with E-state index in [9.17, 15) is 9.59 Å². The molecule has 10 heteroatoms. The van der Waals surface area contributed by atoms with E-state index in [0.717, 1.165) is 39.5 Å². The molecule has 0 N–H and O–H groups in total. The number of esters is 1. The van der Waals surface area contributed by atoms with Crippen LogP contribution in [0.1, 0.15) is 41.0 Å². The zero-order valence-electron chi connectivity index (χ0n) is 24.7. The number of carbonyl (C=O) groups excluding carboxylic acids is 1. The van der Waals surface area contributed by atoms with Crippen LogP contribution < -0.4 is 24.4 Å². The van der Waals surface area contributed by atoms with Crippen LogP contribution in [0.25, 0.3) is 17.5 Å². The molecule has 1 atom stereocenters. The average molecular weight is 638 g/mol. The zero-order chi connectivity index (χ0) is 31.2. The van der Waals surface area contributed by atoms with Gasteiger partial charge in [-0.05, 0) is 68.3 Å². The van der Waals surface area contributed by atoms with Crippen LogP contribution in [-0.2, 0) is 9.53 Å². The summed E-state index contributed by atoms with van der Waals surface area (Å²) < 4.78 is 20.8. The van der Waals surface area contributed by atoms with Gasteiger partial charge in [-0.25, -0.2) is 9.79 Å². The maximum atomic E-state index is 14.3. The van der Waals surface area contributed by atoms with Gasteiger partial charge < -0.3 is 18.8 Å². The topological polar surface area (TPSA) is 84.1 Å². The summed E-state index contributed by atoms with van der Waals surface area (Å²) in [5.74, 6) is 0.889. The molecular formula is C35H28ClN3O5S. The van der Waals surface area contributed by atoms with Gasteiger partial charge in [-0.3, -0.25) is 9.36 Å². The Labute approximate surface area is 267 Å². The molecule has 3 aromatic carbocycles. The molecule has 0 bridgehead atoms. The van der Waals surface area contributed by atoms with Gasteiger partial charge in [0.1, 0.15) is 0 Å². The number of hydrogen-bond acceptors (Lipinski definition) is 7. The Kier molecular flexibility index (Phi) is 7.43. The molecule has 2 aliphatic rings. The monoisotopic (exact) mass is 637 g/mol. The molecule has 0 amide bonds. The number of carbonyl (C=O) groups is 1. The first-order chi connectivity index (χ1) is 21.8. The lowest BCUT2D eigenvalue weighted by molar-refractivity contribution is -0.138. The molecule has 226 valence electrons. The molecule has 0 fully saturated rings. The second-order valence-corrected chi connectivity index (χ2v) is 12.1. The van der Waals surface area contributed by atoms with Crippen molar-refractivity contribution in [1.29, 1.82) is 0 Å². The minimum Gasteiger partial charge on any atom is -0.463 e. The van der Waals surface area contributed by atoms with E-state index < -0.39 is 12.0 Å². The number of fused-ring (bicyclic) bond motifs is 2. The van der Waals surface area contributed by atoms with Gasteiger partial charge in [-0.2, -0.15) is 0 Å². The number of aromatic nitrogens is 2. The first-order valence-electron chi connectivity index (χ1n) is 14.5. The van der Waals surface area contributed by atoms with Crippen molar-refractivity contribution in [2.75, 3.05) is 13.4 Å². The summed E-state index contributed by atoms with van der Waals surface area (Å²) in [6.07, 6.45) is 1.89. The summed E-state index contributed by atoms with van der Waals surface area (Å²) in [5, 5.41) is 0.550. The smallest absolute Gasteiger partial charge is 0.338 e. The first kappa shape index (κ1) is 28.9. The van der Waals surface area contributed by atoms with Crippen LogP contribution in [0.4, 0.5) is 0 Å². The standard InChI is InChI=1S/C35H28ClN3O5S/c1-4-42-34(41)30-31(22-8-6-5-7-9-22)37-35-39(32(30)23-10-12-25(36)13-11-23)33(40)29(45-35)17-24-16-20(2)38(21(24)3)26-14-15-27-28(18-26)44-19-43-27/h5-18,32H,4,19H2,1-3H3/b29-17+/t32-/m1/s1. The molecule has 0 unspecified atom stereocenters. The van der Waals surface area contributed by atoms with Crippen molar-refractivity contribution in [3.63, 3.8) is 0 Å². The number of hydrogen-bond donors (Lipinski definition) is 0. The number of ether oxygens (including phenoxy) is 3. The minimum atomic E-state index is -0.768. The summed E-state index contributed by atoms with van der Waals surface area (Å²) in [7, 11) is 0. The largest absolute Gasteiger partial charge is 0.463 e. The molecule has 7 rings (SSSR count). The molecule has 0 radical (unpaired) electrons. The van der Waals surface area contributed by atoms with Crippen molar-refractivity contribution in [1.82, 2.24) is 9.13 Å². The van der Waals surface area contributed by atoms with Gasteiger partial charge >= 0.3 is 5.97 Å². The van der Waals surface area contributed by atoms with Gasteiger partial charge in [0.2, 0.25) is 6.79 Å². The summed E-state index contributed by atoms with van der Waals surface area (Å²) in [4.78, 5) is 33.3. The fourth-order valence-electron chi connectivity index (χ4n) is 5.90. The molecule has 2 aromatic heterocycles. The fraction of sp³-hybridized carbons (Fsp3) is 0.171. The summed E-state index contributed by atoms with van der Waals surface area (Å²) in [6, 6.07) is 23.8. The summed E-state index contributed by atoms with van der Waals surface area (Å²) >= 11 is 7.53. The molecule has 0 spiro atoms. The lowest BCUT2D eigenvalue weighted by atomic mass is 9.93. The quantitative estimate of drug-likeness (QED) is 0.222. The Balaban J connectivity index is 1.43. The van der Waals surface area contributed by atoms with E-state index in [-0.39, 0.29) is 19.0 Å². The van der Waals surface area contributed by atoms with Crippen molar-refractivity contribution >= 4 is 40.7 Å². The van der Waals surface area contributed by atoms with E-state index in [4.69, 9.17) is 30.8 Å². The van der Waals surface area contributed by atoms with Crippen molar-refractivity contribution < 1.29 is 19.0 Å². The van der Waals surface area contributed by atoms with Crippen LogP contribution in [0, 0.1) is 13.8 Å². The number of aryl methyl sites for hydroxylation is 1. The number of halogens is 1. The fourth-order valence-corrected chi connectivity index (χ4v) is 7.02. The van der Waals surface area contributed by atoms with Gasteiger partial charge in [-0.15, -0.1) is 0 Å². The van der Waals surface area contributed by atoms with Crippen molar-refractivity contribution in [2.24, 2.45) is 4.99 Å². The van der Waals surface area contributed by atoms with Crippen LogP contribution in [0.5, 0.6) is 11.5 Å². The molecule has 4 heterocycles. The molecule has 0 saturated carbocycles. The average Bonchev–Trinajstić information content (AvgIpc) is 3.72. The van der Waals surface area contributed by atoms with Gasteiger partial charge in [0, 0.05) is 33.7 Å². The van der Waals surface area contributed by atoms with Gasteiger partial charge in [0.25, 0.3) is 5.56 Å². The lowest BCUT2D eigenvalue weighted by Crippen LogP contribution is -2.40. The predicted molar refractivity (Wildman–Crippen MR) is 174 cm³/mol. The van der Waals surface area contributed by atoms with Crippen LogP contribution in [0.15, 0.2) is 94.2 Å². The normalized spacial score (nSPS) is 15.6. The molecule has 45 heavy (non-hydrogen) atoms. The SMILES string of the molecule is CCOC(=O)C1=C(c2ccccc2)N=c2s/c(=C/c3cc(C)n(-c4ccc5c(c4)OCO5)c3C)c(=O)n2[C@@H]1c1ccc(Cl)cc1. The third-order valence-corrected chi connectivity index (χ3v) is 9.17. The van der Waals surface area contributed by atoms with Crippen molar-refractivity contribution in [3.05, 3.63) is 137 Å². The highest BCUT2D eigenvalue weighted by atomic mass is 35.5. The molecule has 0 aliphatic carbocycles. The maximum absolute atomic E-state index is 14.3. The molecule has 5 aromatic rings. The van der Waals surface area contributed by atoms with E-state index in [1.54, 1.807) is 23.6 Å². The molecule has 0 saturated heterocycles. The predicted octanol–water partition coefficient (Wildman–Crippen LogP) is 5.73. The Morgan fingerprint density at radius 2 is 1.80 bits per heavy atom.